The van der Waals surface area contributed by atoms with Gasteiger partial charge in [-0.05, 0) is 72.8 Å². The summed E-state index contributed by atoms with van der Waals surface area (Å²) in [5.41, 5.74) is 5.83. The number of nitrogens with zero attached hydrogens (tertiary/aromatic N) is 2. The summed E-state index contributed by atoms with van der Waals surface area (Å²) in [6, 6.07) is 60.0. The van der Waals surface area contributed by atoms with Crippen molar-refractivity contribution in [3.05, 3.63) is 193 Å². The van der Waals surface area contributed by atoms with E-state index in [4.69, 9.17) is 9.98 Å². The summed E-state index contributed by atoms with van der Waals surface area (Å²) in [5, 5.41) is 14.6. The van der Waals surface area contributed by atoms with Gasteiger partial charge in [0.05, 0.1) is 11.4 Å². The van der Waals surface area contributed by atoms with Crippen LogP contribution in [0.2, 0.25) is 0 Å². The average Bonchev–Trinajstić information content (AvgIpc) is 3.11. The zero-order valence-electron chi connectivity index (χ0n) is 25.2. The van der Waals surface area contributed by atoms with Gasteiger partial charge in [0.1, 0.15) is 23.1 Å². The molecule has 0 unspecified atom stereocenters. The molecule has 0 saturated heterocycles. The minimum absolute atomic E-state index is 0.581. The second-order valence-electron chi connectivity index (χ2n) is 10.3. The van der Waals surface area contributed by atoms with E-state index in [2.05, 4.69) is 21.3 Å². The smallest absolute Gasteiger partial charge is 0.145 e. The van der Waals surface area contributed by atoms with Crippen molar-refractivity contribution in [1.82, 2.24) is 0 Å². The molecule has 6 heteroatoms. The molecule has 4 N–H and O–H groups in total. The van der Waals surface area contributed by atoms with Crippen molar-refractivity contribution in [3.63, 3.8) is 0 Å². The predicted molar refractivity (Wildman–Crippen MR) is 194 cm³/mol. The van der Waals surface area contributed by atoms with E-state index in [1.165, 1.54) is 0 Å². The molecule has 0 saturated carbocycles. The monoisotopic (exact) mass is 598 g/mol. The van der Waals surface area contributed by atoms with Crippen LogP contribution in [0.25, 0.3) is 0 Å². The molecule has 6 nitrogen and oxygen atoms in total. The third kappa shape index (κ3) is 8.36. The van der Waals surface area contributed by atoms with E-state index >= 15 is 0 Å². The van der Waals surface area contributed by atoms with Gasteiger partial charge in [-0.3, -0.25) is 0 Å². The predicted octanol–water partition coefficient (Wildman–Crippen LogP) is 10.1. The Kier molecular flexibility index (Phi) is 9.91. The zero-order valence-corrected chi connectivity index (χ0v) is 25.2. The lowest BCUT2D eigenvalue weighted by molar-refractivity contribution is 1.33. The molecule has 46 heavy (non-hydrogen) atoms. The third-order valence-electron chi connectivity index (χ3n) is 6.88. The lowest BCUT2D eigenvalue weighted by atomic mass is 10.1. The van der Waals surface area contributed by atoms with Crippen LogP contribution >= 0.6 is 0 Å². The van der Waals surface area contributed by atoms with E-state index in [1.807, 2.05) is 182 Å². The minimum Gasteiger partial charge on any atom is -0.341 e. The lowest BCUT2D eigenvalue weighted by Gasteiger charge is -2.23. The van der Waals surface area contributed by atoms with Gasteiger partial charge in [0.15, 0.2) is 0 Å². The number of rotatable bonds is 10. The molecule has 0 aliphatic rings. The highest BCUT2D eigenvalue weighted by Crippen LogP contribution is 2.25. The molecule has 0 radical (unpaired) electrons. The number of hydrogen-bond donors (Lipinski definition) is 4. The first-order valence-corrected chi connectivity index (χ1v) is 15.1. The van der Waals surface area contributed by atoms with E-state index in [9.17, 15) is 0 Å². The first kappa shape index (κ1) is 29.7. The molecule has 0 aromatic heterocycles. The SMILES string of the molecule is c1ccc(N=C(Nc2ccccc2)C(C(=Nc2ccccc2)Nc2ccccc2)=C(Nc2ccccc2)Nc2ccccc2)cc1. The van der Waals surface area contributed by atoms with E-state index in [0.29, 0.717) is 23.1 Å². The van der Waals surface area contributed by atoms with Gasteiger partial charge in [-0.2, -0.15) is 0 Å². The van der Waals surface area contributed by atoms with Gasteiger partial charge in [-0.1, -0.05) is 109 Å². The van der Waals surface area contributed by atoms with Gasteiger partial charge in [-0.15, -0.1) is 0 Å². The number of anilines is 4. The number of nitrogens with one attached hydrogen (secondary N) is 4. The van der Waals surface area contributed by atoms with Crippen molar-refractivity contribution in [3.8, 4) is 0 Å². The highest BCUT2D eigenvalue weighted by molar-refractivity contribution is 6.32. The molecule has 0 bridgehead atoms. The van der Waals surface area contributed by atoms with Gasteiger partial charge < -0.3 is 21.3 Å². The molecular weight excluding hydrogens is 564 g/mol. The molecule has 6 aromatic carbocycles. The van der Waals surface area contributed by atoms with E-state index in [1.54, 1.807) is 0 Å². The van der Waals surface area contributed by atoms with Crippen LogP contribution in [0, 0.1) is 0 Å². The minimum atomic E-state index is 0.581. The topological polar surface area (TPSA) is 72.8 Å². The number of hydrogen-bond acceptors (Lipinski definition) is 4. The maximum absolute atomic E-state index is 5.21. The van der Waals surface area contributed by atoms with Gasteiger partial charge in [0.2, 0.25) is 0 Å². The molecule has 0 aliphatic carbocycles. The fourth-order valence-electron chi connectivity index (χ4n) is 4.71. The van der Waals surface area contributed by atoms with Crippen LogP contribution in [0.5, 0.6) is 0 Å². The summed E-state index contributed by atoms with van der Waals surface area (Å²) in [6.45, 7) is 0. The van der Waals surface area contributed by atoms with Crippen LogP contribution in [0.3, 0.4) is 0 Å². The maximum Gasteiger partial charge on any atom is 0.145 e. The standard InChI is InChI=1S/C40H34N6/c1-7-19-31(20-8-1)41-38(42-32-21-9-2-10-22-32)37(39(43-33-23-11-3-12-24-33)44-34-25-13-4-14-26-34)40(45-35-27-15-5-16-28-35)46-36-29-17-6-18-30-36/h1-30,41-42H,(H,43,44)(H,45,46). The van der Waals surface area contributed by atoms with Crippen LogP contribution in [0.15, 0.2) is 203 Å². The number of amidine groups is 2. The Balaban J connectivity index is 1.64. The van der Waals surface area contributed by atoms with Gasteiger partial charge in [0.25, 0.3) is 0 Å². The fourth-order valence-corrected chi connectivity index (χ4v) is 4.71. The molecule has 0 atom stereocenters. The highest BCUT2D eigenvalue weighted by Gasteiger charge is 2.23. The average molecular weight is 599 g/mol. The number of aliphatic imine (C=N–C) groups is 2. The van der Waals surface area contributed by atoms with Crippen molar-refractivity contribution < 1.29 is 0 Å². The van der Waals surface area contributed by atoms with Crippen molar-refractivity contribution in [2.45, 2.75) is 0 Å². The largest absolute Gasteiger partial charge is 0.341 e. The molecule has 224 valence electrons. The summed E-state index contributed by atoms with van der Waals surface area (Å²) in [5.74, 6) is 1.84. The van der Waals surface area contributed by atoms with E-state index in [0.717, 1.165) is 34.1 Å². The van der Waals surface area contributed by atoms with Crippen molar-refractivity contribution in [2.24, 2.45) is 9.98 Å². The summed E-state index contributed by atoms with van der Waals surface area (Å²) in [4.78, 5) is 10.4. The summed E-state index contributed by atoms with van der Waals surface area (Å²) >= 11 is 0. The van der Waals surface area contributed by atoms with Gasteiger partial charge in [-0.25, -0.2) is 9.98 Å². The maximum atomic E-state index is 5.21. The Bertz CT molecular complexity index is 1750. The molecule has 6 aromatic rings. The van der Waals surface area contributed by atoms with Gasteiger partial charge in [0, 0.05) is 22.7 Å². The van der Waals surface area contributed by atoms with Crippen LogP contribution in [-0.4, -0.2) is 11.7 Å². The van der Waals surface area contributed by atoms with Crippen molar-refractivity contribution >= 4 is 45.8 Å². The Morgan fingerprint density at radius 2 is 0.565 bits per heavy atom. The Hall–Kier alpha value is -6.40. The highest BCUT2D eigenvalue weighted by atomic mass is 15.1. The molecule has 0 amide bonds. The van der Waals surface area contributed by atoms with E-state index < -0.39 is 0 Å². The number of benzene rings is 6. The Morgan fingerprint density at radius 1 is 0.304 bits per heavy atom. The Morgan fingerprint density at radius 3 is 0.870 bits per heavy atom. The summed E-state index contributed by atoms with van der Waals surface area (Å²) in [7, 11) is 0. The molecule has 0 heterocycles. The van der Waals surface area contributed by atoms with Crippen LogP contribution in [0.1, 0.15) is 0 Å². The molecule has 0 spiro atoms. The zero-order chi connectivity index (χ0) is 31.2. The lowest BCUT2D eigenvalue weighted by Crippen LogP contribution is -2.31. The van der Waals surface area contributed by atoms with E-state index in [-0.39, 0.29) is 0 Å². The second kappa shape index (κ2) is 15.4. The second-order valence-corrected chi connectivity index (χ2v) is 10.3. The quantitative estimate of drug-likeness (QED) is 0.0935. The normalized spacial score (nSPS) is 11.3. The molecule has 0 fully saturated rings. The van der Waals surface area contributed by atoms with Crippen molar-refractivity contribution in [1.29, 1.82) is 0 Å². The first-order valence-electron chi connectivity index (χ1n) is 15.1. The van der Waals surface area contributed by atoms with Crippen molar-refractivity contribution in [2.75, 3.05) is 21.3 Å². The number of para-hydroxylation sites is 6. The fraction of sp³-hybridized carbons (Fsp3) is 0. The Labute approximate surface area is 269 Å². The summed E-state index contributed by atoms with van der Waals surface area (Å²) in [6.07, 6.45) is 0. The van der Waals surface area contributed by atoms with Crippen LogP contribution in [-0.2, 0) is 0 Å². The van der Waals surface area contributed by atoms with Gasteiger partial charge >= 0.3 is 0 Å². The van der Waals surface area contributed by atoms with Crippen LogP contribution < -0.4 is 21.3 Å². The van der Waals surface area contributed by atoms with Crippen LogP contribution in [0.4, 0.5) is 34.1 Å². The molecule has 0 aliphatic heterocycles. The molecule has 6 rings (SSSR count). The third-order valence-corrected chi connectivity index (χ3v) is 6.88. The first-order chi connectivity index (χ1) is 22.8. The molecular formula is C40H34N6. The summed E-state index contributed by atoms with van der Waals surface area (Å²) < 4.78 is 0.